The zero-order valence-corrected chi connectivity index (χ0v) is 10.8. The lowest BCUT2D eigenvalue weighted by Gasteiger charge is -2.08. The summed E-state index contributed by atoms with van der Waals surface area (Å²) in [5.74, 6) is 0. The summed E-state index contributed by atoms with van der Waals surface area (Å²) in [5.41, 5.74) is 0.963. The molecule has 2 rings (SSSR count). The molecule has 0 atom stereocenters. The number of halogens is 3. The van der Waals surface area contributed by atoms with E-state index in [2.05, 4.69) is 4.98 Å². The lowest BCUT2D eigenvalue weighted by molar-refractivity contribution is -0.137. The van der Waals surface area contributed by atoms with E-state index >= 15 is 0 Å². The second-order valence-corrected chi connectivity index (χ2v) is 5.40. The van der Waals surface area contributed by atoms with Crippen molar-refractivity contribution in [3.8, 4) is 0 Å². The van der Waals surface area contributed by atoms with Crippen molar-refractivity contribution in [1.82, 2.24) is 4.98 Å². The fraction of sp³-hybridized carbons (Fsp3) is 0.308. The Balaban J connectivity index is 2.27. The Kier molecular flexibility index (Phi) is 3.43. The number of aromatic nitrogens is 1. The van der Waals surface area contributed by atoms with Gasteiger partial charge in [0.05, 0.1) is 16.3 Å². The monoisotopic (exact) mass is 271 g/mol. The maximum absolute atomic E-state index is 12.6. The number of aryl methyl sites for hydroxylation is 2. The molecule has 0 spiro atoms. The first-order chi connectivity index (χ1) is 8.36. The van der Waals surface area contributed by atoms with Gasteiger partial charge in [-0.15, -0.1) is 11.3 Å². The number of hydrogen-bond acceptors (Lipinski definition) is 2. The molecule has 0 radical (unpaired) electrons. The van der Waals surface area contributed by atoms with Gasteiger partial charge in [-0.3, -0.25) is 0 Å². The molecule has 1 aromatic carbocycles. The average molecular weight is 271 g/mol. The third kappa shape index (κ3) is 2.90. The van der Waals surface area contributed by atoms with E-state index < -0.39 is 11.7 Å². The summed E-state index contributed by atoms with van der Waals surface area (Å²) in [7, 11) is 0. The molecule has 1 aromatic heterocycles. The first-order valence-electron chi connectivity index (χ1n) is 5.45. The van der Waals surface area contributed by atoms with E-state index in [-0.39, 0.29) is 0 Å². The van der Waals surface area contributed by atoms with Gasteiger partial charge in [0, 0.05) is 11.3 Å². The molecule has 0 saturated heterocycles. The van der Waals surface area contributed by atoms with E-state index in [0.29, 0.717) is 12.0 Å². The smallest absolute Gasteiger partial charge is 0.247 e. The van der Waals surface area contributed by atoms with Crippen LogP contribution in [-0.2, 0) is 12.6 Å². The molecule has 96 valence electrons. The Morgan fingerprint density at radius 1 is 1.22 bits per heavy atom. The van der Waals surface area contributed by atoms with Gasteiger partial charge in [0.2, 0.25) is 0 Å². The highest BCUT2D eigenvalue weighted by molar-refractivity contribution is 7.11. The number of hydrogen-bond donors (Lipinski definition) is 0. The van der Waals surface area contributed by atoms with Crippen molar-refractivity contribution in [2.75, 3.05) is 0 Å². The predicted molar refractivity (Wildman–Crippen MR) is 65.8 cm³/mol. The molecule has 0 amide bonds. The summed E-state index contributed by atoms with van der Waals surface area (Å²) < 4.78 is 37.7. The molecule has 0 unspecified atom stereocenters. The van der Waals surface area contributed by atoms with E-state index in [0.717, 1.165) is 21.6 Å². The molecule has 2 aromatic rings. The molecule has 0 N–H and O–H groups in total. The number of benzene rings is 1. The van der Waals surface area contributed by atoms with Crippen molar-refractivity contribution in [2.45, 2.75) is 26.4 Å². The minimum Gasteiger partial charge on any atom is -0.247 e. The Hall–Kier alpha value is -1.36. The van der Waals surface area contributed by atoms with Crippen LogP contribution in [0.2, 0.25) is 0 Å². The van der Waals surface area contributed by atoms with Crippen LogP contribution < -0.4 is 0 Å². The molecule has 0 bridgehead atoms. The van der Waals surface area contributed by atoms with E-state index in [1.807, 2.05) is 13.8 Å². The molecule has 0 aliphatic rings. The third-order valence-electron chi connectivity index (χ3n) is 2.62. The third-order valence-corrected chi connectivity index (χ3v) is 3.69. The highest BCUT2D eigenvalue weighted by Gasteiger charge is 2.30. The van der Waals surface area contributed by atoms with Crippen LogP contribution in [0.15, 0.2) is 24.3 Å². The van der Waals surface area contributed by atoms with Crippen LogP contribution >= 0.6 is 11.3 Å². The van der Waals surface area contributed by atoms with Gasteiger partial charge in [0.25, 0.3) is 0 Å². The van der Waals surface area contributed by atoms with Crippen LogP contribution in [0, 0.1) is 13.8 Å². The number of alkyl halides is 3. The number of rotatable bonds is 2. The summed E-state index contributed by atoms with van der Waals surface area (Å²) in [6.07, 6.45) is -3.78. The van der Waals surface area contributed by atoms with Gasteiger partial charge < -0.3 is 0 Å². The second-order valence-electron chi connectivity index (χ2n) is 4.12. The predicted octanol–water partition coefficient (Wildman–Crippen LogP) is 4.37. The van der Waals surface area contributed by atoms with E-state index in [1.165, 1.54) is 23.5 Å². The zero-order chi connectivity index (χ0) is 13.3. The molecule has 0 aliphatic heterocycles. The molecule has 1 nitrogen and oxygen atoms in total. The van der Waals surface area contributed by atoms with Gasteiger partial charge in [-0.2, -0.15) is 13.2 Å². The molecule has 1 heterocycles. The largest absolute Gasteiger partial charge is 0.416 e. The van der Waals surface area contributed by atoms with Gasteiger partial charge in [0.1, 0.15) is 0 Å². The van der Waals surface area contributed by atoms with Crippen molar-refractivity contribution in [3.63, 3.8) is 0 Å². The summed E-state index contributed by atoms with van der Waals surface area (Å²) >= 11 is 1.53. The maximum Gasteiger partial charge on any atom is 0.416 e. The van der Waals surface area contributed by atoms with E-state index in [9.17, 15) is 13.2 Å². The second kappa shape index (κ2) is 4.72. The van der Waals surface area contributed by atoms with Crippen LogP contribution in [0.1, 0.15) is 26.7 Å². The van der Waals surface area contributed by atoms with Crippen LogP contribution in [-0.4, -0.2) is 4.98 Å². The SMILES string of the molecule is Cc1nc(C)c(Cc2cccc(C(F)(F)F)c2)s1. The van der Waals surface area contributed by atoms with Crippen molar-refractivity contribution in [3.05, 3.63) is 51.0 Å². The molecule has 0 aliphatic carbocycles. The van der Waals surface area contributed by atoms with Crippen molar-refractivity contribution in [2.24, 2.45) is 0 Å². The van der Waals surface area contributed by atoms with Crippen LogP contribution in [0.5, 0.6) is 0 Å². The van der Waals surface area contributed by atoms with Crippen molar-refractivity contribution >= 4 is 11.3 Å². The number of thiazole rings is 1. The topological polar surface area (TPSA) is 12.9 Å². The van der Waals surface area contributed by atoms with Gasteiger partial charge in [-0.1, -0.05) is 18.2 Å². The fourth-order valence-electron chi connectivity index (χ4n) is 1.78. The Labute approximate surface area is 107 Å². The molecule has 5 heteroatoms. The summed E-state index contributed by atoms with van der Waals surface area (Å²) in [6.45, 7) is 3.78. The highest BCUT2D eigenvalue weighted by Crippen LogP contribution is 2.30. The highest BCUT2D eigenvalue weighted by atomic mass is 32.1. The van der Waals surface area contributed by atoms with Crippen LogP contribution in [0.4, 0.5) is 13.2 Å². The van der Waals surface area contributed by atoms with Crippen molar-refractivity contribution < 1.29 is 13.2 Å². The first-order valence-corrected chi connectivity index (χ1v) is 6.27. The maximum atomic E-state index is 12.6. The van der Waals surface area contributed by atoms with Gasteiger partial charge in [-0.05, 0) is 25.5 Å². The summed E-state index contributed by atoms with van der Waals surface area (Å²) in [4.78, 5) is 5.29. The average Bonchev–Trinajstić information content (AvgIpc) is 2.56. The first kappa shape index (κ1) is 13.1. The standard InChI is InChI=1S/C13H12F3NS/c1-8-12(18-9(2)17-8)7-10-4-3-5-11(6-10)13(14,15)16/h3-6H,7H2,1-2H3. The van der Waals surface area contributed by atoms with E-state index in [4.69, 9.17) is 0 Å². The van der Waals surface area contributed by atoms with E-state index in [1.54, 1.807) is 6.07 Å². The summed E-state index contributed by atoms with van der Waals surface area (Å²) in [5, 5.41) is 0.939. The Bertz CT molecular complexity index is 558. The fourth-order valence-corrected chi connectivity index (χ4v) is 2.75. The Morgan fingerprint density at radius 2 is 1.94 bits per heavy atom. The Morgan fingerprint density at radius 3 is 2.50 bits per heavy atom. The van der Waals surface area contributed by atoms with Gasteiger partial charge in [-0.25, -0.2) is 4.98 Å². The molecule has 0 fully saturated rings. The van der Waals surface area contributed by atoms with Gasteiger partial charge >= 0.3 is 6.18 Å². The minimum absolute atomic E-state index is 0.501. The molecular formula is C13H12F3NS. The minimum atomic E-state index is -4.28. The lowest BCUT2D eigenvalue weighted by Crippen LogP contribution is -2.05. The van der Waals surface area contributed by atoms with Crippen LogP contribution in [0.25, 0.3) is 0 Å². The molecule has 18 heavy (non-hydrogen) atoms. The molecule has 0 saturated carbocycles. The molecular weight excluding hydrogens is 259 g/mol. The summed E-state index contributed by atoms with van der Waals surface area (Å²) in [6, 6.07) is 5.45. The van der Waals surface area contributed by atoms with Gasteiger partial charge in [0.15, 0.2) is 0 Å². The lowest BCUT2D eigenvalue weighted by atomic mass is 10.1. The quantitative estimate of drug-likeness (QED) is 0.790. The van der Waals surface area contributed by atoms with Crippen LogP contribution in [0.3, 0.4) is 0 Å². The zero-order valence-electron chi connectivity index (χ0n) is 10.0. The van der Waals surface area contributed by atoms with Crippen molar-refractivity contribution in [1.29, 1.82) is 0 Å². The normalized spacial score (nSPS) is 11.8. The number of nitrogens with zero attached hydrogens (tertiary/aromatic N) is 1.